The first-order valence-electron chi connectivity index (χ1n) is 10.2. The summed E-state index contributed by atoms with van der Waals surface area (Å²) in [5.41, 5.74) is 2.75. The molecule has 0 amide bonds. The number of aromatic nitrogens is 3. The largest absolute Gasteiger partial charge is 0.381 e. The van der Waals surface area contributed by atoms with Crippen LogP contribution in [0, 0.1) is 0 Å². The topological polar surface area (TPSA) is 43.2 Å². The van der Waals surface area contributed by atoms with Gasteiger partial charge >= 0.3 is 0 Å². The lowest BCUT2D eigenvalue weighted by atomic mass is 9.93. The fourth-order valence-electron chi connectivity index (χ4n) is 4.97. The smallest absolute Gasteiger partial charge is 0.140 e. The molecule has 1 aromatic heterocycles. The molecule has 26 heavy (non-hydrogen) atoms. The van der Waals surface area contributed by atoms with E-state index in [1.165, 1.54) is 55.8 Å². The summed E-state index contributed by atoms with van der Waals surface area (Å²) in [5, 5.41) is 9.26. The van der Waals surface area contributed by atoms with Crippen molar-refractivity contribution < 1.29 is 4.74 Å². The molecule has 5 heteroatoms. The summed E-state index contributed by atoms with van der Waals surface area (Å²) < 4.78 is 7.92. The highest BCUT2D eigenvalue weighted by atomic mass is 16.5. The standard InChI is InChI=1S/C21H28N4O/c1-2-6-19-16(4-1)5-3-7-20-22-23-21(25(19)20)17-8-12-24(13-9-17)18-10-14-26-15-11-18/h1-2,4,6,17-18H,3,5,7-15H2. The van der Waals surface area contributed by atoms with Gasteiger partial charge in [-0.2, -0.15) is 0 Å². The van der Waals surface area contributed by atoms with E-state index in [-0.39, 0.29) is 0 Å². The van der Waals surface area contributed by atoms with E-state index in [9.17, 15) is 0 Å². The summed E-state index contributed by atoms with van der Waals surface area (Å²) in [6, 6.07) is 9.53. The van der Waals surface area contributed by atoms with Crippen molar-refractivity contribution in [3.05, 3.63) is 41.5 Å². The van der Waals surface area contributed by atoms with Crippen molar-refractivity contribution in [2.24, 2.45) is 0 Å². The molecule has 1 aromatic carbocycles. The second kappa shape index (κ2) is 7.12. The zero-order valence-electron chi connectivity index (χ0n) is 15.4. The zero-order valence-corrected chi connectivity index (χ0v) is 15.4. The van der Waals surface area contributed by atoms with Crippen LogP contribution in [0.5, 0.6) is 0 Å². The molecule has 2 aromatic rings. The van der Waals surface area contributed by atoms with E-state index in [1.54, 1.807) is 0 Å². The molecule has 0 N–H and O–H groups in total. The minimum absolute atomic E-state index is 0.526. The number of fused-ring (bicyclic) bond motifs is 3. The fraction of sp³-hybridized carbons (Fsp3) is 0.619. The first-order valence-corrected chi connectivity index (χ1v) is 10.2. The van der Waals surface area contributed by atoms with Gasteiger partial charge in [-0.25, -0.2) is 0 Å². The Morgan fingerprint density at radius 1 is 0.923 bits per heavy atom. The molecule has 0 radical (unpaired) electrons. The van der Waals surface area contributed by atoms with E-state index >= 15 is 0 Å². The molecule has 4 heterocycles. The van der Waals surface area contributed by atoms with Gasteiger partial charge in [0.1, 0.15) is 11.6 Å². The number of hydrogen-bond acceptors (Lipinski definition) is 4. The number of likely N-dealkylation sites (tertiary alicyclic amines) is 1. The van der Waals surface area contributed by atoms with Crippen molar-refractivity contribution in [3.63, 3.8) is 0 Å². The summed E-state index contributed by atoms with van der Waals surface area (Å²) in [5.74, 6) is 2.87. The molecule has 0 unspecified atom stereocenters. The van der Waals surface area contributed by atoms with Gasteiger partial charge in [-0.1, -0.05) is 18.2 Å². The molecular formula is C21H28N4O. The highest BCUT2D eigenvalue weighted by molar-refractivity contribution is 5.44. The number of rotatable bonds is 2. The molecule has 0 bridgehead atoms. The Balaban J connectivity index is 1.38. The third kappa shape index (κ3) is 2.97. The van der Waals surface area contributed by atoms with Gasteiger partial charge in [0.2, 0.25) is 0 Å². The SMILES string of the molecule is c1ccc2c(c1)CCCc1nnc(C3CCN(C4CCOCC4)CC3)n1-2. The molecule has 5 nitrogen and oxygen atoms in total. The molecule has 2 fully saturated rings. The molecule has 5 rings (SSSR count). The predicted octanol–water partition coefficient (Wildman–Crippen LogP) is 3.11. The van der Waals surface area contributed by atoms with Crippen LogP contribution in [0.25, 0.3) is 5.69 Å². The Bertz CT molecular complexity index is 757. The molecule has 138 valence electrons. The Morgan fingerprint density at radius 3 is 2.58 bits per heavy atom. The highest BCUT2D eigenvalue weighted by Gasteiger charge is 2.31. The first kappa shape index (κ1) is 16.5. The summed E-state index contributed by atoms with van der Waals surface area (Å²) in [6.07, 6.45) is 8.10. The van der Waals surface area contributed by atoms with Crippen LogP contribution in [0.2, 0.25) is 0 Å². The van der Waals surface area contributed by atoms with Crippen LogP contribution in [0.15, 0.2) is 24.3 Å². The quantitative estimate of drug-likeness (QED) is 0.833. The molecule has 2 saturated heterocycles. The lowest BCUT2D eigenvalue weighted by Crippen LogP contribution is -2.44. The van der Waals surface area contributed by atoms with Gasteiger partial charge in [0.15, 0.2) is 0 Å². The molecule has 0 saturated carbocycles. The van der Waals surface area contributed by atoms with Crippen molar-refractivity contribution in [2.45, 2.75) is 56.9 Å². The summed E-state index contributed by atoms with van der Waals surface area (Å²) >= 11 is 0. The van der Waals surface area contributed by atoms with Crippen molar-refractivity contribution >= 4 is 0 Å². The number of hydrogen-bond donors (Lipinski definition) is 0. The number of ether oxygens (including phenoxy) is 1. The maximum atomic E-state index is 5.53. The normalized spacial score (nSPS) is 22.6. The monoisotopic (exact) mass is 352 g/mol. The van der Waals surface area contributed by atoms with Crippen LogP contribution in [0.3, 0.4) is 0 Å². The van der Waals surface area contributed by atoms with Crippen LogP contribution >= 0.6 is 0 Å². The number of piperidine rings is 1. The van der Waals surface area contributed by atoms with Gasteiger partial charge in [-0.15, -0.1) is 10.2 Å². The van der Waals surface area contributed by atoms with Crippen LogP contribution in [0.4, 0.5) is 0 Å². The number of aryl methyl sites for hydroxylation is 2. The van der Waals surface area contributed by atoms with Gasteiger partial charge in [0.05, 0.1) is 5.69 Å². The summed E-state index contributed by atoms with van der Waals surface area (Å²) in [4.78, 5) is 2.69. The van der Waals surface area contributed by atoms with Crippen molar-refractivity contribution in [1.82, 2.24) is 19.7 Å². The summed E-state index contributed by atoms with van der Waals surface area (Å²) in [7, 11) is 0. The van der Waals surface area contributed by atoms with Gasteiger partial charge in [0.25, 0.3) is 0 Å². The minimum atomic E-state index is 0.526. The molecular weight excluding hydrogens is 324 g/mol. The second-order valence-electron chi connectivity index (χ2n) is 7.95. The van der Waals surface area contributed by atoms with Gasteiger partial charge < -0.3 is 9.64 Å². The third-order valence-corrected chi connectivity index (χ3v) is 6.44. The summed E-state index contributed by atoms with van der Waals surface area (Å²) in [6.45, 7) is 4.22. The Morgan fingerprint density at radius 2 is 1.73 bits per heavy atom. The van der Waals surface area contributed by atoms with E-state index in [1.807, 2.05) is 0 Å². The van der Waals surface area contributed by atoms with E-state index in [2.05, 4.69) is 43.9 Å². The molecule has 0 spiro atoms. The Hall–Kier alpha value is -1.72. The van der Waals surface area contributed by atoms with Gasteiger partial charge in [0, 0.05) is 31.6 Å². The lowest BCUT2D eigenvalue weighted by molar-refractivity contribution is 0.0248. The van der Waals surface area contributed by atoms with E-state index < -0.39 is 0 Å². The minimum Gasteiger partial charge on any atom is -0.381 e. The van der Waals surface area contributed by atoms with Crippen molar-refractivity contribution in [2.75, 3.05) is 26.3 Å². The van der Waals surface area contributed by atoms with Crippen LogP contribution < -0.4 is 0 Å². The number of para-hydroxylation sites is 1. The average Bonchev–Trinajstić information content (AvgIpc) is 3.04. The first-order chi connectivity index (χ1) is 12.9. The second-order valence-corrected chi connectivity index (χ2v) is 7.95. The lowest BCUT2D eigenvalue weighted by Gasteiger charge is -2.39. The van der Waals surface area contributed by atoms with E-state index in [4.69, 9.17) is 4.74 Å². The Labute approximate surface area is 155 Å². The van der Waals surface area contributed by atoms with E-state index in [0.29, 0.717) is 5.92 Å². The average molecular weight is 352 g/mol. The van der Waals surface area contributed by atoms with E-state index in [0.717, 1.165) is 44.3 Å². The molecule has 0 atom stereocenters. The van der Waals surface area contributed by atoms with Crippen LogP contribution in [-0.2, 0) is 17.6 Å². The third-order valence-electron chi connectivity index (χ3n) is 6.44. The number of benzene rings is 1. The maximum Gasteiger partial charge on any atom is 0.140 e. The van der Waals surface area contributed by atoms with Crippen molar-refractivity contribution in [3.8, 4) is 5.69 Å². The van der Waals surface area contributed by atoms with Crippen LogP contribution in [0.1, 0.15) is 55.2 Å². The predicted molar refractivity (Wildman–Crippen MR) is 101 cm³/mol. The molecule has 3 aliphatic rings. The van der Waals surface area contributed by atoms with Crippen LogP contribution in [-0.4, -0.2) is 52.0 Å². The Kier molecular flexibility index (Phi) is 4.51. The maximum absolute atomic E-state index is 5.53. The van der Waals surface area contributed by atoms with Gasteiger partial charge in [-0.05, 0) is 63.2 Å². The van der Waals surface area contributed by atoms with Gasteiger partial charge in [-0.3, -0.25) is 4.57 Å². The van der Waals surface area contributed by atoms with Crippen molar-refractivity contribution in [1.29, 1.82) is 0 Å². The zero-order chi connectivity index (χ0) is 17.3. The number of nitrogens with zero attached hydrogens (tertiary/aromatic N) is 4. The highest BCUT2D eigenvalue weighted by Crippen LogP contribution is 2.33. The molecule has 0 aliphatic carbocycles. The fourth-order valence-corrected chi connectivity index (χ4v) is 4.97. The molecule has 3 aliphatic heterocycles.